The molecule has 1 aliphatic rings. The molecule has 1 heteroatoms. The van der Waals surface area contributed by atoms with Gasteiger partial charge in [-0.1, -0.05) is 34.1 Å². The van der Waals surface area contributed by atoms with E-state index in [0.717, 1.165) is 12.0 Å². The standard InChI is InChI=1S/C12H25N/c1-10(12(2,3)4)9-13(5)11-7-6-8-11/h10-11H,6-9H2,1-5H3. The van der Waals surface area contributed by atoms with Gasteiger partial charge >= 0.3 is 0 Å². The fourth-order valence-electron chi connectivity index (χ4n) is 1.68. The maximum atomic E-state index is 2.55. The van der Waals surface area contributed by atoms with Crippen LogP contribution in [0.15, 0.2) is 0 Å². The first-order valence-corrected chi connectivity index (χ1v) is 5.61. The van der Waals surface area contributed by atoms with Gasteiger partial charge in [-0.3, -0.25) is 0 Å². The Hall–Kier alpha value is -0.0400. The Balaban J connectivity index is 2.30. The van der Waals surface area contributed by atoms with Gasteiger partial charge in [-0.05, 0) is 31.2 Å². The van der Waals surface area contributed by atoms with Crippen molar-refractivity contribution in [2.24, 2.45) is 11.3 Å². The third-order valence-electron chi connectivity index (χ3n) is 3.74. The Morgan fingerprint density at radius 1 is 1.31 bits per heavy atom. The summed E-state index contributed by atoms with van der Waals surface area (Å²) in [5.41, 5.74) is 0.456. The largest absolute Gasteiger partial charge is 0.303 e. The minimum atomic E-state index is 0.456. The van der Waals surface area contributed by atoms with Crippen molar-refractivity contribution in [1.82, 2.24) is 4.90 Å². The van der Waals surface area contributed by atoms with Crippen LogP contribution in [0.4, 0.5) is 0 Å². The maximum Gasteiger partial charge on any atom is 0.00923 e. The molecule has 0 radical (unpaired) electrons. The van der Waals surface area contributed by atoms with Gasteiger partial charge in [0, 0.05) is 12.6 Å². The summed E-state index contributed by atoms with van der Waals surface area (Å²) in [6.07, 6.45) is 4.29. The van der Waals surface area contributed by atoms with E-state index in [-0.39, 0.29) is 0 Å². The van der Waals surface area contributed by atoms with Gasteiger partial charge in [0.05, 0.1) is 0 Å². The van der Waals surface area contributed by atoms with Gasteiger partial charge in [-0.25, -0.2) is 0 Å². The Bertz CT molecular complexity index is 153. The average molecular weight is 183 g/mol. The van der Waals surface area contributed by atoms with Crippen LogP contribution in [-0.4, -0.2) is 24.5 Å². The second kappa shape index (κ2) is 4.00. The van der Waals surface area contributed by atoms with Crippen LogP contribution < -0.4 is 0 Å². The van der Waals surface area contributed by atoms with Gasteiger partial charge in [0.15, 0.2) is 0 Å². The minimum absolute atomic E-state index is 0.456. The van der Waals surface area contributed by atoms with E-state index < -0.39 is 0 Å². The van der Waals surface area contributed by atoms with Gasteiger partial charge in [0.1, 0.15) is 0 Å². The fourth-order valence-corrected chi connectivity index (χ4v) is 1.68. The van der Waals surface area contributed by atoms with Crippen molar-refractivity contribution in [3.05, 3.63) is 0 Å². The zero-order valence-corrected chi connectivity index (χ0v) is 9.93. The van der Waals surface area contributed by atoms with E-state index in [1.54, 1.807) is 0 Å². The zero-order valence-electron chi connectivity index (χ0n) is 9.93. The summed E-state index contributed by atoms with van der Waals surface area (Å²) >= 11 is 0. The van der Waals surface area contributed by atoms with Gasteiger partial charge in [-0.15, -0.1) is 0 Å². The van der Waals surface area contributed by atoms with Gasteiger partial charge in [0.25, 0.3) is 0 Å². The summed E-state index contributed by atoms with van der Waals surface area (Å²) in [6, 6.07) is 0.893. The van der Waals surface area contributed by atoms with Crippen LogP contribution in [0.5, 0.6) is 0 Å². The molecule has 1 saturated carbocycles. The van der Waals surface area contributed by atoms with E-state index in [1.165, 1.54) is 25.8 Å². The molecule has 1 aliphatic carbocycles. The highest BCUT2D eigenvalue weighted by Crippen LogP contribution is 2.29. The Morgan fingerprint density at radius 3 is 2.15 bits per heavy atom. The molecule has 0 saturated heterocycles. The first-order chi connectivity index (χ1) is 5.91. The maximum absolute atomic E-state index is 2.55. The highest BCUT2D eigenvalue weighted by Gasteiger charge is 2.26. The minimum Gasteiger partial charge on any atom is -0.303 e. The van der Waals surface area contributed by atoms with Crippen LogP contribution >= 0.6 is 0 Å². The molecule has 1 rings (SSSR count). The monoisotopic (exact) mass is 183 g/mol. The van der Waals surface area contributed by atoms with Crippen LogP contribution in [0, 0.1) is 11.3 Å². The van der Waals surface area contributed by atoms with E-state index in [9.17, 15) is 0 Å². The first kappa shape index (κ1) is 11.0. The molecule has 0 spiro atoms. The van der Waals surface area contributed by atoms with E-state index in [0.29, 0.717) is 5.41 Å². The number of rotatable bonds is 3. The highest BCUT2D eigenvalue weighted by molar-refractivity contribution is 4.81. The molecule has 1 unspecified atom stereocenters. The van der Waals surface area contributed by atoms with Crippen LogP contribution in [0.3, 0.4) is 0 Å². The zero-order chi connectivity index (χ0) is 10.1. The molecule has 1 fully saturated rings. The molecule has 0 aromatic carbocycles. The molecule has 78 valence electrons. The van der Waals surface area contributed by atoms with Crippen molar-refractivity contribution >= 4 is 0 Å². The molecule has 0 aromatic rings. The van der Waals surface area contributed by atoms with Crippen molar-refractivity contribution in [3.63, 3.8) is 0 Å². The Kier molecular flexibility index (Phi) is 3.39. The third kappa shape index (κ3) is 2.98. The van der Waals surface area contributed by atoms with Gasteiger partial charge < -0.3 is 4.90 Å². The van der Waals surface area contributed by atoms with Crippen LogP contribution in [0.1, 0.15) is 47.0 Å². The van der Waals surface area contributed by atoms with E-state index >= 15 is 0 Å². The lowest BCUT2D eigenvalue weighted by atomic mass is 9.81. The van der Waals surface area contributed by atoms with Crippen LogP contribution in [0.2, 0.25) is 0 Å². The molecular formula is C12H25N. The normalized spacial score (nSPS) is 21.7. The highest BCUT2D eigenvalue weighted by atomic mass is 15.1. The summed E-state index contributed by atoms with van der Waals surface area (Å²) < 4.78 is 0. The van der Waals surface area contributed by atoms with E-state index in [4.69, 9.17) is 0 Å². The van der Waals surface area contributed by atoms with Crippen molar-refractivity contribution in [1.29, 1.82) is 0 Å². The van der Waals surface area contributed by atoms with Crippen molar-refractivity contribution in [2.45, 2.75) is 53.0 Å². The topological polar surface area (TPSA) is 3.24 Å². The van der Waals surface area contributed by atoms with Crippen molar-refractivity contribution in [3.8, 4) is 0 Å². The first-order valence-electron chi connectivity index (χ1n) is 5.61. The van der Waals surface area contributed by atoms with Gasteiger partial charge in [0.2, 0.25) is 0 Å². The lowest BCUT2D eigenvalue weighted by molar-refractivity contribution is 0.106. The van der Waals surface area contributed by atoms with Crippen LogP contribution in [0.25, 0.3) is 0 Å². The second-order valence-corrected chi connectivity index (χ2v) is 5.79. The summed E-state index contributed by atoms with van der Waals surface area (Å²) in [6.45, 7) is 10.6. The molecule has 13 heavy (non-hydrogen) atoms. The van der Waals surface area contributed by atoms with E-state index in [2.05, 4.69) is 39.6 Å². The number of hydrogen-bond donors (Lipinski definition) is 0. The SMILES string of the molecule is CC(CN(C)C1CCC1)C(C)(C)C. The summed E-state index contributed by atoms with van der Waals surface area (Å²) in [7, 11) is 2.28. The lowest BCUT2D eigenvalue weighted by Crippen LogP contribution is -2.41. The molecule has 1 nitrogen and oxygen atoms in total. The molecule has 0 N–H and O–H groups in total. The lowest BCUT2D eigenvalue weighted by Gasteiger charge is -2.39. The molecule has 0 aromatic heterocycles. The van der Waals surface area contributed by atoms with E-state index in [1.807, 2.05) is 0 Å². The Morgan fingerprint density at radius 2 is 1.85 bits per heavy atom. The van der Waals surface area contributed by atoms with Crippen molar-refractivity contribution < 1.29 is 0 Å². The molecule has 0 bridgehead atoms. The van der Waals surface area contributed by atoms with Crippen LogP contribution in [-0.2, 0) is 0 Å². The molecule has 0 amide bonds. The predicted octanol–water partition coefficient (Wildman–Crippen LogP) is 3.15. The summed E-state index contributed by atoms with van der Waals surface area (Å²) in [4.78, 5) is 2.55. The molecule has 0 aliphatic heterocycles. The van der Waals surface area contributed by atoms with Gasteiger partial charge in [-0.2, -0.15) is 0 Å². The summed E-state index contributed by atoms with van der Waals surface area (Å²) in [5.74, 6) is 0.790. The second-order valence-electron chi connectivity index (χ2n) is 5.79. The fraction of sp³-hybridized carbons (Fsp3) is 1.00. The average Bonchev–Trinajstić information content (AvgIpc) is 1.79. The van der Waals surface area contributed by atoms with Crippen molar-refractivity contribution in [2.75, 3.05) is 13.6 Å². The number of hydrogen-bond acceptors (Lipinski definition) is 1. The Labute approximate surface area is 83.5 Å². The molecule has 0 heterocycles. The molecule has 1 atom stereocenters. The quantitative estimate of drug-likeness (QED) is 0.649. The smallest absolute Gasteiger partial charge is 0.00923 e. The predicted molar refractivity (Wildman–Crippen MR) is 58.9 cm³/mol. The summed E-state index contributed by atoms with van der Waals surface area (Å²) in [5, 5.41) is 0. The molecular weight excluding hydrogens is 158 g/mol. The third-order valence-corrected chi connectivity index (χ3v) is 3.74. The number of nitrogens with zero attached hydrogens (tertiary/aromatic N) is 1.